The summed E-state index contributed by atoms with van der Waals surface area (Å²) in [6.45, 7) is 7.51. The number of carboxylic acids is 1. The molecule has 0 radical (unpaired) electrons. The molecule has 0 spiro atoms. The number of aromatic nitrogens is 2. The number of carbonyl (C=O) groups is 6. The number of aliphatic carboxylic acids is 1. The van der Waals surface area contributed by atoms with Crippen molar-refractivity contribution in [1.82, 2.24) is 35.7 Å². The Morgan fingerprint density at radius 3 is 2.26 bits per heavy atom. The molecule has 16 heteroatoms. The van der Waals surface area contributed by atoms with E-state index in [-0.39, 0.29) is 44.0 Å². The SMILES string of the molecule is CC[C@H](C)[C@H](NC(=O)C1Cc2ccc(O)cc2CN1C(=O)[C@@H](N)C(C)C)C(=O)N[C@@H](Cc1cnc[nH]1)C(=O)N1CCC[C@H]1C(=O)N[C@@H](Cc1ccccc1)C(=O)O. The van der Waals surface area contributed by atoms with E-state index in [0.29, 0.717) is 30.5 Å². The number of nitrogens with zero attached hydrogens (tertiary/aromatic N) is 3. The Hall–Kier alpha value is -5.77. The number of nitrogens with two attached hydrogens (primary N) is 1. The molecule has 16 nitrogen and oxygen atoms in total. The number of fused-ring (bicyclic) bond motifs is 1. The minimum atomic E-state index is -1.23. The lowest BCUT2D eigenvalue weighted by Crippen LogP contribution is -2.62. The predicted octanol–water partition coefficient (Wildman–Crippen LogP) is 1.41. The van der Waals surface area contributed by atoms with Crippen LogP contribution < -0.4 is 21.7 Å². The van der Waals surface area contributed by atoms with E-state index >= 15 is 0 Å². The number of amides is 5. The number of phenols is 1. The van der Waals surface area contributed by atoms with Crippen LogP contribution in [0.15, 0.2) is 61.1 Å². The molecule has 7 atom stereocenters. The number of phenolic OH excluding ortho intramolecular Hbond substituents is 1. The van der Waals surface area contributed by atoms with E-state index in [4.69, 9.17) is 5.73 Å². The number of imidazole rings is 1. The second-order valence-electron chi connectivity index (χ2n) is 15.4. The van der Waals surface area contributed by atoms with Crippen molar-refractivity contribution in [1.29, 1.82) is 0 Å². The number of carbonyl (C=O) groups excluding carboxylic acids is 5. The fourth-order valence-electron chi connectivity index (χ4n) is 7.36. The van der Waals surface area contributed by atoms with Crippen molar-refractivity contribution in [2.75, 3.05) is 6.54 Å². The number of likely N-dealkylation sites (tertiary alicyclic amines) is 1. The highest BCUT2D eigenvalue weighted by Crippen LogP contribution is 2.28. The van der Waals surface area contributed by atoms with Gasteiger partial charge >= 0.3 is 5.97 Å². The molecule has 306 valence electrons. The smallest absolute Gasteiger partial charge is 0.326 e. The van der Waals surface area contributed by atoms with E-state index < -0.39 is 77.7 Å². The molecule has 0 saturated carbocycles. The molecule has 1 aromatic heterocycles. The van der Waals surface area contributed by atoms with Crippen molar-refractivity contribution in [3.05, 3.63) is 83.4 Å². The highest BCUT2D eigenvalue weighted by atomic mass is 16.4. The van der Waals surface area contributed by atoms with Gasteiger partial charge in [0.05, 0.1) is 12.4 Å². The Kier molecular flexibility index (Phi) is 14.1. The fourth-order valence-corrected chi connectivity index (χ4v) is 7.36. The monoisotopic (exact) mass is 786 g/mol. The van der Waals surface area contributed by atoms with Gasteiger partial charge in [-0.05, 0) is 53.5 Å². The minimum absolute atomic E-state index is 0.00995. The zero-order chi connectivity index (χ0) is 41.4. The summed E-state index contributed by atoms with van der Waals surface area (Å²) in [5, 5.41) is 28.4. The number of aromatic hydroxyl groups is 1. The van der Waals surface area contributed by atoms with Crippen LogP contribution in [0.5, 0.6) is 5.75 Å². The second kappa shape index (κ2) is 18.9. The first-order valence-electron chi connectivity index (χ1n) is 19.5. The van der Waals surface area contributed by atoms with Gasteiger partial charge in [-0.25, -0.2) is 9.78 Å². The number of nitrogens with one attached hydrogen (secondary N) is 4. The Bertz CT molecular complexity index is 1910. The van der Waals surface area contributed by atoms with Crippen LogP contribution in [-0.2, 0) is 54.6 Å². The van der Waals surface area contributed by atoms with Crippen LogP contribution in [0.3, 0.4) is 0 Å². The van der Waals surface area contributed by atoms with Gasteiger partial charge in [-0.15, -0.1) is 0 Å². The normalized spacial score (nSPS) is 19.1. The molecule has 5 rings (SSSR count). The summed E-state index contributed by atoms with van der Waals surface area (Å²) < 4.78 is 0. The summed E-state index contributed by atoms with van der Waals surface area (Å²) in [5.41, 5.74) is 8.99. The zero-order valence-corrected chi connectivity index (χ0v) is 32.8. The van der Waals surface area contributed by atoms with Gasteiger partial charge < -0.3 is 46.7 Å². The lowest BCUT2D eigenvalue weighted by molar-refractivity contribution is -0.145. The van der Waals surface area contributed by atoms with E-state index in [1.165, 1.54) is 28.4 Å². The lowest BCUT2D eigenvalue weighted by Gasteiger charge is -2.39. The highest BCUT2D eigenvalue weighted by molar-refractivity contribution is 5.97. The maximum atomic E-state index is 14.4. The molecule has 3 heterocycles. The number of H-pyrrole nitrogens is 1. The van der Waals surface area contributed by atoms with Crippen LogP contribution >= 0.6 is 0 Å². The van der Waals surface area contributed by atoms with Crippen molar-refractivity contribution in [3.8, 4) is 5.75 Å². The van der Waals surface area contributed by atoms with Crippen LogP contribution in [0, 0.1) is 11.8 Å². The third kappa shape index (κ3) is 10.4. The molecule has 0 aliphatic carbocycles. The van der Waals surface area contributed by atoms with E-state index in [1.807, 2.05) is 13.0 Å². The third-order valence-electron chi connectivity index (χ3n) is 11.0. The van der Waals surface area contributed by atoms with Crippen molar-refractivity contribution in [3.63, 3.8) is 0 Å². The van der Waals surface area contributed by atoms with Gasteiger partial charge in [-0.2, -0.15) is 0 Å². The second-order valence-corrected chi connectivity index (χ2v) is 15.4. The lowest BCUT2D eigenvalue weighted by atomic mass is 9.90. The Morgan fingerprint density at radius 1 is 0.895 bits per heavy atom. The Morgan fingerprint density at radius 2 is 1.61 bits per heavy atom. The molecule has 2 aromatic carbocycles. The molecule has 0 bridgehead atoms. The molecule has 3 aromatic rings. The van der Waals surface area contributed by atoms with E-state index in [1.54, 1.807) is 57.2 Å². The number of aromatic amines is 1. The van der Waals surface area contributed by atoms with Crippen LogP contribution in [0.4, 0.5) is 0 Å². The number of hydrogen-bond acceptors (Lipinski definition) is 9. The molecule has 57 heavy (non-hydrogen) atoms. The standard InChI is InChI=1S/C41H54N8O8/c1-5-24(4)35(47-37(52)33-18-26-13-14-29(50)17-27(26)21-49(33)40(55)34(42)23(2)3)38(53)45-30(19-28-20-43-22-44-28)39(54)48-15-9-12-32(48)36(51)46-31(41(56)57)16-25-10-7-6-8-11-25/h6-8,10-11,13-14,17,20,22-24,30-35,50H,5,9,12,15-16,18-19,21,42H2,1-4H3,(H,43,44)(H,45,53)(H,46,51)(H,47,52)(H,56,57)/t24-,30-,31-,32-,33?,34-,35-/m0/s1. The zero-order valence-electron chi connectivity index (χ0n) is 32.8. The van der Waals surface area contributed by atoms with E-state index in [2.05, 4.69) is 25.9 Å². The summed E-state index contributed by atoms with van der Waals surface area (Å²) in [6, 6.07) is 7.26. The fraction of sp³-hybridized carbons (Fsp3) is 0.488. The third-order valence-corrected chi connectivity index (χ3v) is 11.0. The van der Waals surface area contributed by atoms with E-state index in [9.17, 15) is 39.0 Å². The van der Waals surface area contributed by atoms with Gasteiger partial charge in [0.1, 0.15) is 36.0 Å². The Labute approximate surface area is 332 Å². The van der Waals surface area contributed by atoms with Gasteiger partial charge in [0.15, 0.2) is 0 Å². The summed E-state index contributed by atoms with van der Waals surface area (Å²) >= 11 is 0. The highest BCUT2D eigenvalue weighted by Gasteiger charge is 2.42. The van der Waals surface area contributed by atoms with Gasteiger partial charge in [-0.3, -0.25) is 24.0 Å². The molecule has 2 aliphatic rings. The van der Waals surface area contributed by atoms with E-state index in [0.717, 1.165) is 11.1 Å². The molecule has 1 fully saturated rings. The average Bonchev–Trinajstić information content (AvgIpc) is 3.91. The van der Waals surface area contributed by atoms with Crippen molar-refractivity contribution >= 4 is 35.5 Å². The number of rotatable bonds is 16. The van der Waals surface area contributed by atoms with Crippen LogP contribution in [-0.4, -0.2) is 108 Å². The number of carboxylic acid groups (broad SMARTS) is 1. The topological polar surface area (TPSA) is 240 Å². The summed E-state index contributed by atoms with van der Waals surface area (Å²) in [6.07, 6.45) is 4.38. The van der Waals surface area contributed by atoms with Gasteiger partial charge in [0.2, 0.25) is 29.5 Å². The van der Waals surface area contributed by atoms with Crippen LogP contribution in [0.1, 0.15) is 69.3 Å². The van der Waals surface area contributed by atoms with Gasteiger partial charge in [0.25, 0.3) is 0 Å². The first-order valence-corrected chi connectivity index (χ1v) is 19.5. The molecular weight excluding hydrogens is 732 g/mol. The molecule has 5 amide bonds. The number of hydrogen-bond donors (Lipinski definition) is 7. The molecule has 8 N–H and O–H groups in total. The van der Waals surface area contributed by atoms with Crippen molar-refractivity contribution < 1.29 is 39.0 Å². The quantitative estimate of drug-likeness (QED) is 0.110. The number of benzene rings is 2. The van der Waals surface area contributed by atoms with Crippen molar-refractivity contribution in [2.45, 2.75) is 109 Å². The molecule has 1 saturated heterocycles. The van der Waals surface area contributed by atoms with Crippen molar-refractivity contribution in [2.24, 2.45) is 17.6 Å². The maximum absolute atomic E-state index is 14.4. The van der Waals surface area contributed by atoms with Gasteiger partial charge in [0, 0.05) is 44.2 Å². The summed E-state index contributed by atoms with van der Waals surface area (Å²) in [7, 11) is 0. The molecular formula is C41H54N8O8. The molecule has 2 aliphatic heterocycles. The molecule has 1 unspecified atom stereocenters. The van der Waals surface area contributed by atoms with Crippen LogP contribution in [0.2, 0.25) is 0 Å². The largest absolute Gasteiger partial charge is 0.508 e. The summed E-state index contributed by atoms with van der Waals surface area (Å²) in [4.78, 5) is 92.1. The summed E-state index contributed by atoms with van der Waals surface area (Å²) in [5.74, 6) is -4.62. The maximum Gasteiger partial charge on any atom is 0.326 e. The minimum Gasteiger partial charge on any atom is -0.508 e. The first-order chi connectivity index (χ1) is 27.2. The van der Waals surface area contributed by atoms with Gasteiger partial charge in [-0.1, -0.05) is 70.5 Å². The average molecular weight is 787 g/mol. The first kappa shape index (κ1) is 42.4. The van der Waals surface area contributed by atoms with Crippen LogP contribution in [0.25, 0.3) is 0 Å². The predicted molar refractivity (Wildman–Crippen MR) is 209 cm³/mol. The Balaban J connectivity index is 1.36.